The van der Waals surface area contributed by atoms with Crippen LogP contribution in [-0.2, 0) is 0 Å². The van der Waals surface area contributed by atoms with Crippen LogP contribution in [0.3, 0.4) is 0 Å². The SMILES string of the molecule is COc1cccc(C=CCCNC2CC2)c1. The third kappa shape index (κ3) is 3.70. The van der Waals surface area contributed by atoms with Gasteiger partial charge in [-0.05, 0) is 43.5 Å². The minimum absolute atomic E-state index is 0.810. The first kappa shape index (κ1) is 11.2. The molecule has 0 aliphatic heterocycles. The van der Waals surface area contributed by atoms with E-state index >= 15 is 0 Å². The second-order valence-corrected chi connectivity index (χ2v) is 4.20. The zero-order valence-corrected chi connectivity index (χ0v) is 9.78. The first-order chi connectivity index (χ1) is 7.88. The lowest BCUT2D eigenvalue weighted by Gasteiger charge is -2.00. The fourth-order valence-electron chi connectivity index (χ4n) is 1.62. The number of methoxy groups -OCH3 is 1. The summed E-state index contributed by atoms with van der Waals surface area (Å²) in [5.74, 6) is 0.915. The second-order valence-electron chi connectivity index (χ2n) is 4.20. The first-order valence-electron chi connectivity index (χ1n) is 5.92. The van der Waals surface area contributed by atoms with Crippen molar-refractivity contribution in [3.05, 3.63) is 35.9 Å². The summed E-state index contributed by atoms with van der Waals surface area (Å²) < 4.78 is 5.18. The Morgan fingerprint density at radius 2 is 2.31 bits per heavy atom. The minimum atomic E-state index is 0.810. The van der Waals surface area contributed by atoms with Gasteiger partial charge < -0.3 is 10.1 Å². The van der Waals surface area contributed by atoms with Gasteiger partial charge in [-0.25, -0.2) is 0 Å². The fraction of sp³-hybridized carbons (Fsp3) is 0.429. The van der Waals surface area contributed by atoms with Crippen LogP contribution >= 0.6 is 0 Å². The summed E-state index contributed by atoms with van der Waals surface area (Å²) in [4.78, 5) is 0. The number of benzene rings is 1. The monoisotopic (exact) mass is 217 g/mol. The van der Waals surface area contributed by atoms with Crippen molar-refractivity contribution in [3.63, 3.8) is 0 Å². The maximum atomic E-state index is 5.18. The zero-order chi connectivity index (χ0) is 11.2. The molecule has 1 saturated carbocycles. The molecule has 2 rings (SSSR count). The molecule has 86 valence electrons. The molecule has 1 N–H and O–H groups in total. The van der Waals surface area contributed by atoms with E-state index in [0.29, 0.717) is 0 Å². The van der Waals surface area contributed by atoms with Gasteiger partial charge in [-0.1, -0.05) is 24.3 Å². The van der Waals surface area contributed by atoms with E-state index in [9.17, 15) is 0 Å². The molecule has 0 saturated heterocycles. The Balaban J connectivity index is 1.75. The van der Waals surface area contributed by atoms with Crippen molar-refractivity contribution < 1.29 is 4.74 Å². The van der Waals surface area contributed by atoms with Gasteiger partial charge >= 0.3 is 0 Å². The number of hydrogen-bond donors (Lipinski definition) is 1. The highest BCUT2D eigenvalue weighted by molar-refractivity contribution is 5.51. The Hall–Kier alpha value is -1.28. The molecule has 0 radical (unpaired) electrons. The number of rotatable bonds is 6. The molecule has 1 aliphatic carbocycles. The summed E-state index contributed by atoms with van der Waals surface area (Å²) in [6, 6.07) is 8.93. The molecule has 1 aromatic carbocycles. The van der Waals surface area contributed by atoms with Crippen LogP contribution in [0.5, 0.6) is 5.75 Å². The summed E-state index contributed by atoms with van der Waals surface area (Å²) >= 11 is 0. The van der Waals surface area contributed by atoms with Crippen molar-refractivity contribution in [2.75, 3.05) is 13.7 Å². The smallest absolute Gasteiger partial charge is 0.119 e. The van der Waals surface area contributed by atoms with E-state index in [-0.39, 0.29) is 0 Å². The van der Waals surface area contributed by atoms with E-state index in [1.165, 1.54) is 18.4 Å². The summed E-state index contributed by atoms with van der Waals surface area (Å²) in [7, 11) is 1.70. The van der Waals surface area contributed by atoms with Crippen molar-refractivity contribution in [2.24, 2.45) is 0 Å². The number of hydrogen-bond acceptors (Lipinski definition) is 2. The molecular weight excluding hydrogens is 198 g/mol. The van der Waals surface area contributed by atoms with Crippen molar-refractivity contribution >= 4 is 6.08 Å². The third-order valence-electron chi connectivity index (χ3n) is 2.73. The summed E-state index contributed by atoms with van der Waals surface area (Å²) in [5, 5.41) is 3.49. The highest BCUT2D eigenvalue weighted by Gasteiger charge is 2.19. The highest BCUT2D eigenvalue weighted by atomic mass is 16.5. The molecule has 0 bridgehead atoms. The topological polar surface area (TPSA) is 21.3 Å². The zero-order valence-electron chi connectivity index (χ0n) is 9.78. The van der Waals surface area contributed by atoms with Crippen LogP contribution < -0.4 is 10.1 Å². The first-order valence-corrected chi connectivity index (χ1v) is 5.92. The minimum Gasteiger partial charge on any atom is -0.497 e. The molecule has 0 atom stereocenters. The van der Waals surface area contributed by atoms with Crippen LogP contribution in [-0.4, -0.2) is 19.7 Å². The van der Waals surface area contributed by atoms with E-state index in [0.717, 1.165) is 24.8 Å². The van der Waals surface area contributed by atoms with Crippen LogP contribution in [0.1, 0.15) is 24.8 Å². The lowest BCUT2D eigenvalue weighted by molar-refractivity contribution is 0.414. The van der Waals surface area contributed by atoms with Gasteiger partial charge in [0.15, 0.2) is 0 Å². The molecule has 0 heterocycles. The molecule has 1 aliphatic rings. The Labute approximate surface area is 97.3 Å². The molecule has 2 heteroatoms. The Morgan fingerprint density at radius 1 is 1.44 bits per heavy atom. The van der Waals surface area contributed by atoms with Crippen molar-refractivity contribution in [2.45, 2.75) is 25.3 Å². The van der Waals surface area contributed by atoms with Gasteiger partial charge in [-0.2, -0.15) is 0 Å². The fourth-order valence-corrected chi connectivity index (χ4v) is 1.62. The van der Waals surface area contributed by atoms with Crippen LogP contribution in [0.15, 0.2) is 30.3 Å². The van der Waals surface area contributed by atoms with Crippen LogP contribution in [0.4, 0.5) is 0 Å². The summed E-state index contributed by atoms with van der Waals surface area (Å²) in [6.07, 6.45) is 8.17. The van der Waals surface area contributed by atoms with Crippen molar-refractivity contribution in [1.29, 1.82) is 0 Å². The van der Waals surface area contributed by atoms with Gasteiger partial charge in [-0.3, -0.25) is 0 Å². The van der Waals surface area contributed by atoms with E-state index in [2.05, 4.69) is 23.5 Å². The molecule has 0 spiro atoms. The highest BCUT2D eigenvalue weighted by Crippen LogP contribution is 2.18. The van der Waals surface area contributed by atoms with E-state index in [1.54, 1.807) is 7.11 Å². The largest absolute Gasteiger partial charge is 0.497 e. The number of nitrogens with one attached hydrogen (secondary N) is 1. The standard InChI is InChI=1S/C14H19NO/c1-16-14-7-4-6-12(11-14)5-2-3-10-15-13-8-9-13/h2,4-7,11,13,15H,3,8-10H2,1H3. The Kier molecular flexibility index (Phi) is 4.00. The second kappa shape index (κ2) is 5.71. The molecule has 0 amide bonds. The molecule has 1 fully saturated rings. The number of ether oxygens (including phenoxy) is 1. The summed E-state index contributed by atoms with van der Waals surface area (Å²) in [6.45, 7) is 1.09. The average molecular weight is 217 g/mol. The maximum Gasteiger partial charge on any atom is 0.119 e. The van der Waals surface area contributed by atoms with Crippen LogP contribution in [0.2, 0.25) is 0 Å². The normalized spacial score (nSPS) is 15.6. The maximum absolute atomic E-state index is 5.18. The average Bonchev–Trinajstić information content (AvgIpc) is 3.13. The van der Waals surface area contributed by atoms with E-state index in [4.69, 9.17) is 4.74 Å². The third-order valence-corrected chi connectivity index (χ3v) is 2.73. The lowest BCUT2D eigenvalue weighted by Crippen LogP contribution is -2.16. The Morgan fingerprint density at radius 3 is 3.06 bits per heavy atom. The van der Waals surface area contributed by atoms with Gasteiger partial charge in [0, 0.05) is 6.04 Å². The molecular formula is C14H19NO. The quantitative estimate of drug-likeness (QED) is 0.740. The van der Waals surface area contributed by atoms with Gasteiger partial charge in [0.05, 0.1) is 7.11 Å². The van der Waals surface area contributed by atoms with E-state index in [1.807, 2.05) is 18.2 Å². The van der Waals surface area contributed by atoms with Crippen molar-refractivity contribution in [1.82, 2.24) is 5.32 Å². The predicted molar refractivity (Wildman–Crippen MR) is 67.7 cm³/mol. The Bertz CT molecular complexity index is 356. The van der Waals surface area contributed by atoms with Gasteiger partial charge in [0.25, 0.3) is 0 Å². The molecule has 1 aromatic rings. The molecule has 16 heavy (non-hydrogen) atoms. The predicted octanol–water partition coefficient (Wildman–Crippen LogP) is 2.85. The van der Waals surface area contributed by atoms with E-state index < -0.39 is 0 Å². The van der Waals surface area contributed by atoms with Gasteiger partial charge in [0.1, 0.15) is 5.75 Å². The molecule has 0 aromatic heterocycles. The molecule has 2 nitrogen and oxygen atoms in total. The van der Waals surface area contributed by atoms with Crippen LogP contribution in [0, 0.1) is 0 Å². The van der Waals surface area contributed by atoms with Crippen LogP contribution in [0.25, 0.3) is 6.08 Å². The van der Waals surface area contributed by atoms with Crippen molar-refractivity contribution in [3.8, 4) is 5.75 Å². The lowest BCUT2D eigenvalue weighted by atomic mass is 10.2. The summed E-state index contributed by atoms with van der Waals surface area (Å²) in [5.41, 5.74) is 1.20. The van der Waals surface area contributed by atoms with Gasteiger partial charge in [0.2, 0.25) is 0 Å². The molecule has 0 unspecified atom stereocenters. The van der Waals surface area contributed by atoms with Gasteiger partial charge in [-0.15, -0.1) is 0 Å².